The quantitative estimate of drug-likeness (QED) is 0.291. The molecule has 162 valence electrons. The van der Waals surface area contributed by atoms with Crippen molar-refractivity contribution in [3.8, 4) is 5.75 Å². The normalized spacial score (nSPS) is 15.0. The Hall–Kier alpha value is -1.96. The maximum absolute atomic E-state index is 12.8. The minimum Gasteiger partial charge on any atom is -0.486 e. The van der Waals surface area contributed by atoms with Crippen LogP contribution in [0.2, 0.25) is 15.1 Å². The van der Waals surface area contributed by atoms with Gasteiger partial charge < -0.3 is 4.74 Å². The van der Waals surface area contributed by atoms with Crippen LogP contribution in [0.25, 0.3) is 6.08 Å². The van der Waals surface area contributed by atoms with Gasteiger partial charge in [-0.15, -0.1) is 0 Å². The minimum atomic E-state index is -0.419. The summed E-state index contributed by atoms with van der Waals surface area (Å²) >= 11 is 22.7. The second kappa shape index (κ2) is 9.89. The Morgan fingerprint density at radius 1 is 0.969 bits per heavy atom. The average molecular weight is 570 g/mol. The van der Waals surface area contributed by atoms with Gasteiger partial charge in [0.25, 0.3) is 11.1 Å². The summed E-state index contributed by atoms with van der Waals surface area (Å²) in [5, 5.41) is 1.07. The highest BCUT2D eigenvalue weighted by atomic mass is 79.9. The van der Waals surface area contributed by atoms with E-state index in [0.717, 1.165) is 22.2 Å². The van der Waals surface area contributed by atoms with Crippen molar-refractivity contribution in [1.82, 2.24) is 0 Å². The first-order valence-corrected chi connectivity index (χ1v) is 12.0. The zero-order valence-corrected chi connectivity index (χ0v) is 20.8. The molecule has 4 nitrogen and oxygen atoms in total. The fourth-order valence-electron chi connectivity index (χ4n) is 2.99. The van der Waals surface area contributed by atoms with Crippen molar-refractivity contribution in [2.24, 2.45) is 0 Å². The molecule has 0 bridgehead atoms. The van der Waals surface area contributed by atoms with Crippen LogP contribution in [0.3, 0.4) is 0 Å². The van der Waals surface area contributed by atoms with Crippen molar-refractivity contribution in [3.63, 3.8) is 0 Å². The topological polar surface area (TPSA) is 46.6 Å². The summed E-state index contributed by atoms with van der Waals surface area (Å²) in [7, 11) is 0. The van der Waals surface area contributed by atoms with Crippen LogP contribution in [-0.4, -0.2) is 11.1 Å². The molecule has 0 N–H and O–H groups in total. The molecular weight excluding hydrogens is 557 g/mol. The zero-order valence-electron chi connectivity index (χ0n) is 16.2. The summed E-state index contributed by atoms with van der Waals surface area (Å²) in [6.07, 6.45) is 1.62. The van der Waals surface area contributed by atoms with Gasteiger partial charge in [-0.2, -0.15) is 0 Å². The third kappa shape index (κ3) is 5.16. The molecule has 1 aliphatic rings. The Labute approximate surface area is 212 Å². The highest BCUT2D eigenvalue weighted by Crippen LogP contribution is 2.39. The first kappa shape index (κ1) is 23.2. The lowest BCUT2D eigenvalue weighted by atomic mass is 10.2. The van der Waals surface area contributed by atoms with E-state index in [0.29, 0.717) is 43.1 Å². The van der Waals surface area contributed by atoms with Gasteiger partial charge in [-0.05, 0) is 87.4 Å². The van der Waals surface area contributed by atoms with Gasteiger partial charge in [-0.1, -0.05) is 53.0 Å². The molecule has 1 saturated heterocycles. The lowest BCUT2D eigenvalue weighted by Gasteiger charge is -2.12. The number of carbonyl (C=O) groups excluding carboxylic acids is 2. The molecule has 32 heavy (non-hydrogen) atoms. The van der Waals surface area contributed by atoms with Crippen molar-refractivity contribution in [2.45, 2.75) is 6.61 Å². The number of hydrogen-bond donors (Lipinski definition) is 0. The van der Waals surface area contributed by atoms with Gasteiger partial charge in [-0.3, -0.25) is 9.59 Å². The molecule has 0 atom stereocenters. The maximum atomic E-state index is 12.8. The Morgan fingerprint density at radius 2 is 1.72 bits per heavy atom. The van der Waals surface area contributed by atoms with Crippen LogP contribution in [0, 0.1) is 0 Å². The van der Waals surface area contributed by atoms with E-state index in [4.69, 9.17) is 39.5 Å². The van der Waals surface area contributed by atoms with Crippen LogP contribution in [-0.2, 0) is 11.4 Å². The minimum absolute atomic E-state index is 0.285. The average Bonchev–Trinajstić information content (AvgIpc) is 3.01. The van der Waals surface area contributed by atoms with Crippen molar-refractivity contribution >= 4 is 85.4 Å². The Kier molecular flexibility index (Phi) is 7.17. The van der Waals surface area contributed by atoms with Crippen LogP contribution in [0.15, 0.2) is 70.0 Å². The van der Waals surface area contributed by atoms with Crippen LogP contribution < -0.4 is 9.64 Å². The largest absolute Gasteiger partial charge is 0.486 e. The van der Waals surface area contributed by atoms with Gasteiger partial charge in [0.05, 0.1) is 20.1 Å². The van der Waals surface area contributed by atoms with Gasteiger partial charge >= 0.3 is 0 Å². The van der Waals surface area contributed by atoms with E-state index in [2.05, 4.69) is 15.9 Å². The van der Waals surface area contributed by atoms with Crippen LogP contribution >= 0.6 is 62.5 Å². The first-order chi connectivity index (χ1) is 15.3. The van der Waals surface area contributed by atoms with Gasteiger partial charge in [0.2, 0.25) is 0 Å². The molecule has 0 spiro atoms. The van der Waals surface area contributed by atoms with Crippen LogP contribution in [0.1, 0.15) is 11.1 Å². The number of amides is 2. The standard InChI is InChI=1S/C23H13BrCl3NO3S/c24-18-8-14(9-19(27)21(18)31-12-13-4-6-15(25)7-5-13)10-20-22(29)28(23(30)32-20)17-3-1-2-16(26)11-17/h1-11H,12H2/b20-10+. The maximum Gasteiger partial charge on any atom is 0.298 e. The lowest BCUT2D eigenvalue weighted by Crippen LogP contribution is -2.27. The highest BCUT2D eigenvalue weighted by Gasteiger charge is 2.36. The second-order valence-electron chi connectivity index (χ2n) is 6.73. The fourth-order valence-corrected chi connectivity index (χ4v) is 5.13. The number of carbonyl (C=O) groups is 2. The van der Waals surface area contributed by atoms with Gasteiger partial charge in [0.1, 0.15) is 6.61 Å². The molecule has 1 heterocycles. The summed E-state index contributed by atoms with van der Waals surface area (Å²) in [4.78, 5) is 26.7. The van der Waals surface area contributed by atoms with Gasteiger partial charge in [0, 0.05) is 10.0 Å². The van der Waals surface area contributed by atoms with E-state index in [9.17, 15) is 9.59 Å². The Morgan fingerprint density at radius 3 is 2.41 bits per heavy atom. The van der Waals surface area contributed by atoms with E-state index in [1.165, 1.54) is 0 Å². The second-order valence-corrected chi connectivity index (χ2v) is 9.85. The fraction of sp³-hybridized carbons (Fsp3) is 0.0435. The summed E-state index contributed by atoms with van der Waals surface area (Å²) in [5.41, 5.74) is 2.02. The lowest BCUT2D eigenvalue weighted by molar-refractivity contribution is -0.113. The molecule has 3 aromatic carbocycles. The number of thioether (sulfide) groups is 1. The molecule has 1 aliphatic heterocycles. The van der Waals surface area contributed by atoms with Crippen molar-refractivity contribution in [3.05, 3.63) is 96.2 Å². The van der Waals surface area contributed by atoms with Crippen LogP contribution in [0.5, 0.6) is 5.75 Å². The summed E-state index contributed by atoms with van der Waals surface area (Å²) in [5.74, 6) is 0.0587. The van der Waals surface area contributed by atoms with Gasteiger partial charge in [0.15, 0.2) is 5.75 Å². The molecule has 0 aromatic heterocycles. The van der Waals surface area contributed by atoms with E-state index in [-0.39, 0.29) is 4.91 Å². The Balaban J connectivity index is 1.54. The molecule has 3 aromatic rings. The van der Waals surface area contributed by atoms with Crippen molar-refractivity contribution in [2.75, 3.05) is 4.90 Å². The van der Waals surface area contributed by atoms with E-state index < -0.39 is 11.1 Å². The summed E-state index contributed by atoms with van der Waals surface area (Å²) in [6.45, 7) is 0.313. The smallest absolute Gasteiger partial charge is 0.298 e. The number of hydrogen-bond acceptors (Lipinski definition) is 4. The number of anilines is 1. The van der Waals surface area contributed by atoms with Crippen molar-refractivity contribution in [1.29, 1.82) is 0 Å². The summed E-state index contributed by atoms with van der Waals surface area (Å²) in [6, 6.07) is 17.4. The number of halogens is 4. The zero-order chi connectivity index (χ0) is 22.8. The van der Waals surface area contributed by atoms with Gasteiger partial charge in [-0.25, -0.2) is 4.90 Å². The predicted octanol–water partition coefficient (Wildman–Crippen LogP) is 8.23. The molecule has 0 saturated carbocycles. The Bertz CT molecular complexity index is 1220. The third-order valence-corrected chi connectivity index (χ3v) is 6.70. The number of imide groups is 1. The third-order valence-electron chi connectivity index (χ3n) is 4.47. The number of nitrogens with zero attached hydrogens (tertiary/aromatic N) is 1. The molecule has 0 radical (unpaired) electrons. The van der Waals surface area contributed by atoms with Crippen LogP contribution in [0.4, 0.5) is 10.5 Å². The monoisotopic (exact) mass is 567 g/mol. The number of benzene rings is 3. The molecule has 2 amide bonds. The molecule has 1 fully saturated rings. The molecule has 9 heteroatoms. The van der Waals surface area contributed by atoms with E-state index in [1.54, 1.807) is 54.6 Å². The van der Waals surface area contributed by atoms with Crippen molar-refractivity contribution < 1.29 is 14.3 Å². The molecular formula is C23H13BrCl3NO3S. The number of rotatable bonds is 5. The molecule has 0 aliphatic carbocycles. The summed E-state index contributed by atoms with van der Waals surface area (Å²) < 4.78 is 6.48. The first-order valence-electron chi connectivity index (χ1n) is 9.21. The molecule has 0 unspecified atom stereocenters. The number of ether oxygens (including phenoxy) is 1. The SMILES string of the molecule is O=C1S/C(=C/c2cc(Cl)c(OCc3ccc(Cl)cc3)c(Br)c2)C(=O)N1c1cccc(Cl)c1. The predicted molar refractivity (Wildman–Crippen MR) is 135 cm³/mol. The molecule has 4 rings (SSSR count). The van der Waals surface area contributed by atoms with E-state index >= 15 is 0 Å². The van der Waals surface area contributed by atoms with E-state index in [1.807, 2.05) is 12.1 Å². The highest BCUT2D eigenvalue weighted by molar-refractivity contribution is 9.10.